The van der Waals surface area contributed by atoms with Gasteiger partial charge in [0.25, 0.3) is 0 Å². The minimum absolute atomic E-state index is 1.30. The maximum absolute atomic E-state index is 11.8. The summed E-state index contributed by atoms with van der Waals surface area (Å²) in [4.78, 5) is 0. The van der Waals surface area contributed by atoms with Crippen molar-refractivity contribution in [2.75, 3.05) is 6.61 Å². The third-order valence-electron chi connectivity index (χ3n) is 0.760. The van der Waals surface area contributed by atoms with E-state index in [-0.39, 0.29) is 0 Å². The predicted octanol–water partition coefficient (Wildman–Crippen LogP) is 1.69. The zero-order valence-electron chi connectivity index (χ0n) is 4.54. The zero-order chi connectivity index (χ0) is 7.78. The second kappa shape index (κ2) is 2.03. The van der Waals surface area contributed by atoms with Gasteiger partial charge >= 0.3 is 18.1 Å². The van der Waals surface area contributed by atoms with Crippen molar-refractivity contribution in [2.45, 2.75) is 6.11 Å². The molecule has 0 radical (unpaired) electrons. The average molecular weight is 158 g/mol. The lowest BCUT2D eigenvalue weighted by Gasteiger charge is -2.20. The first-order valence-electron chi connectivity index (χ1n) is 2.26. The van der Waals surface area contributed by atoms with E-state index in [1.165, 1.54) is 0 Å². The van der Waals surface area contributed by atoms with Gasteiger partial charge in [-0.1, -0.05) is 0 Å². The number of ether oxygens (including phenoxy) is 2. The molecule has 10 heavy (non-hydrogen) atoms. The van der Waals surface area contributed by atoms with E-state index in [9.17, 15) is 17.6 Å². The van der Waals surface area contributed by atoms with Crippen LogP contribution in [0.5, 0.6) is 0 Å². The van der Waals surface area contributed by atoms with Crippen molar-refractivity contribution in [1.29, 1.82) is 0 Å². The fourth-order valence-corrected chi connectivity index (χ4v) is 0.405. The van der Waals surface area contributed by atoms with Gasteiger partial charge in [0, 0.05) is 0 Å². The zero-order valence-corrected chi connectivity index (χ0v) is 4.54. The Bertz CT molecular complexity index is 176. The van der Waals surface area contributed by atoms with Gasteiger partial charge in [-0.15, -0.1) is 0 Å². The average Bonchev–Trinajstić information content (AvgIpc) is 1.79. The smallest absolute Gasteiger partial charge is 0.434 e. The quantitative estimate of drug-likeness (QED) is 0.499. The normalized spacial score (nSPS) is 23.6. The van der Waals surface area contributed by atoms with Crippen LogP contribution in [0.4, 0.5) is 17.6 Å². The molecule has 1 aliphatic rings. The number of hydrogen-bond donors (Lipinski definition) is 0. The Hall–Kier alpha value is -0.940. The van der Waals surface area contributed by atoms with Crippen LogP contribution in [0.2, 0.25) is 0 Å². The molecular weight excluding hydrogens is 156 g/mol. The van der Waals surface area contributed by atoms with Crippen LogP contribution in [0.1, 0.15) is 0 Å². The molecule has 1 rings (SSSR count). The van der Waals surface area contributed by atoms with Crippen LogP contribution < -0.4 is 0 Å². The van der Waals surface area contributed by atoms with Gasteiger partial charge in [0.2, 0.25) is 0 Å². The van der Waals surface area contributed by atoms with Crippen molar-refractivity contribution >= 4 is 0 Å². The largest absolute Gasteiger partial charge is 0.456 e. The van der Waals surface area contributed by atoms with Gasteiger partial charge in [-0.3, -0.25) is 0 Å². The Balaban J connectivity index is 2.72. The number of rotatable bonds is 0. The van der Waals surface area contributed by atoms with E-state index in [1.54, 1.807) is 0 Å². The summed E-state index contributed by atoms with van der Waals surface area (Å²) < 4.78 is 53.9. The maximum Gasteiger partial charge on any atom is 0.434 e. The number of hydrogen-bond acceptors (Lipinski definition) is 2. The monoisotopic (exact) mass is 158 g/mol. The molecule has 0 fully saturated rings. The molecular formula is C4H2F4O2. The van der Waals surface area contributed by atoms with Crippen molar-refractivity contribution in [3.8, 4) is 0 Å². The van der Waals surface area contributed by atoms with Gasteiger partial charge < -0.3 is 9.47 Å². The maximum atomic E-state index is 11.8. The molecule has 0 aromatic carbocycles. The van der Waals surface area contributed by atoms with Crippen molar-refractivity contribution in [2.24, 2.45) is 0 Å². The molecule has 0 atom stereocenters. The van der Waals surface area contributed by atoms with Gasteiger partial charge in [-0.05, 0) is 0 Å². The molecule has 0 aromatic heterocycles. The second-order valence-electron chi connectivity index (χ2n) is 1.58. The summed E-state index contributed by atoms with van der Waals surface area (Å²) >= 11 is 0. The van der Waals surface area contributed by atoms with E-state index >= 15 is 0 Å². The third kappa shape index (κ3) is 1.31. The van der Waals surface area contributed by atoms with Crippen LogP contribution in [-0.4, -0.2) is 12.7 Å². The molecule has 0 aromatic rings. The van der Waals surface area contributed by atoms with Gasteiger partial charge in [0.1, 0.15) is 0 Å². The second-order valence-corrected chi connectivity index (χ2v) is 1.58. The highest BCUT2D eigenvalue weighted by molar-refractivity contribution is 4.88. The Morgan fingerprint density at radius 2 is 1.80 bits per heavy atom. The minimum atomic E-state index is -3.76. The van der Waals surface area contributed by atoms with E-state index in [0.717, 1.165) is 0 Å². The summed E-state index contributed by atoms with van der Waals surface area (Å²) in [5, 5.41) is 0. The molecule has 0 unspecified atom stereocenters. The molecule has 0 aliphatic carbocycles. The van der Waals surface area contributed by atoms with Gasteiger partial charge in [-0.2, -0.15) is 17.6 Å². The summed E-state index contributed by atoms with van der Waals surface area (Å²) in [6.45, 7) is -1.30. The first kappa shape index (κ1) is 7.17. The van der Waals surface area contributed by atoms with Crippen LogP contribution >= 0.6 is 0 Å². The third-order valence-corrected chi connectivity index (χ3v) is 0.760. The van der Waals surface area contributed by atoms with Crippen molar-refractivity contribution in [3.63, 3.8) is 0 Å². The lowest BCUT2D eigenvalue weighted by Crippen LogP contribution is -2.30. The van der Waals surface area contributed by atoms with E-state index in [0.29, 0.717) is 0 Å². The van der Waals surface area contributed by atoms with Gasteiger partial charge in [0.05, 0.1) is 0 Å². The van der Waals surface area contributed by atoms with E-state index in [4.69, 9.17) is 0 Å². The SMILES string of the molecule is FC1=C(F)OC(F)(F)CO1. The molecule has 0 amide bonds. The highest BCUT2D eigenvalue weighted by Gasteiger charge is 2.40. The van der Waals surface area contributed by atoms with Crippen molar-refractivity contribution in [3.05, 3.63) is 12.0 Å². The lowest BCUT2D eigenvalue weighted by atomic mass is 10.6. The predicted molar refractivity (Wildman–Crippen MR) is 21.2 cm³/mol. The topological polar surface area (TPSA) is 18.5 Å². The Labute approximate surface area is 53.0 Å². The summed E-state index contributed by atoms with van der Waals surface area (Å²) in [6.07, 6.45) is -3.76. The summed E-state index contributed by atoms with van der Waals surface area (Å²) in [6, 6.07) is -3.76. The molecule has 6 heteroatoms. The Kier molecular flexibility index (Phi) is 1.46. The van der Waals surface area contributed by atoms with E-state index < -0.39 is 24.7 Å². The highest BCUT2D eigenvalue weighted by Crippen LogP contribution is 2.29. The van der Waals surface area contributed by atoms with Gasteiger partial charge in [-0.25, -0.2) is 0 Å². The molecule has 1 aliphatic heterocycles. The molecule has 58 valence electrons. The van der Waals surface area contributed by atoms with Crippen LogP contribution in [-0.2, 0) is 9.47 Å². The Morgan fingerprint density at radius 3 is 2.20 bits per heavy atom. The standard InChI is InChI=1S/C4H2F4O2/c5-2-3(6)10-4(7,8)1-9-2/h1H2. The minimum Gasteiger partial charge on any atom is -0.456 e. The summed E-state index contributed by atoms with van der Waals surface area (Å²) in [5.74, 6) is 0. The molecule has 0 spiro atoms. The Morgan fingerprint density at radius 1 is 1.20 bits per heavy atom. The molecule has 2 nitrogen and oxygen atoms in total. The summed E-state index contributed by atoms with van der Waals surface area (Å²) in [5.41, 5.74) is 0. The molecule has 0 N–H and O–H groups in total. The molecule has 0 saturated carbocycles. The first-order chi connectivity index (χ1) is 4.51. The molecule has 0 saturated heterocycles. The fourth-order valence-electron chi connectivity index (χ4n) is 0.405. The van der Waals surface area contributed by atoms with Crippen molar-refractivity contribution < 1.29 is 27.0 Å². The molecule has 1 heterocycles. The molecule has 0 bridgehead atoms. The van der Waals surface area contributed by atoms with Crippen LogP contribution in [0.3, 0.4) is 0 Å². The van der Waals surface area contributed by atoms with Crippen LogP contribution in [0.15, 0.2) is 12.0 Å². The first-order valence-corrected chi connectivity index (χ1v) is 2.26. The number of halogens is 4. The van der Waals surface area contributed by atoms with Gasteiger partial charge in [0.15, 0.2) is 6.61 Å². The van der Waals surface area contributed by atoms with E-state index in [2.05, 4.69) is 9.47 Å². The van der Waals surface area contributed by atoms with Crippen LogP contribution in [0.25, 0.3) is 0 Å². The van der Waals surface area contributed by atoms with E-state index in [1.807, 2.05) is 0 Å². The fraction of sp³-hybridized carbons (Fsp3) is 0.500. The van der Waals surface area contributed by atoms with Crippen molar-refractivity contribution in [1.82, 2.24) is 0 Å². The van der Waals surface area contributed by atoms with Crippen LogP contribution in [0, 0.1) is 0 Å². The lowest BCUT2D eigenvalue weighted by molar-refractivity contribution is -0.274. The highest BCUT2D eigenvalue weighted by atomic mass is 19.3. The number of alkyl halides is 2. The summed E-state index contributed by atoms with van der Waals surface area (Å²) in [7, 11) is 0.